The molecule has 0 radical (unpaired) electrons. The fourth-order valence-electron chi connectivity index (χ4n) is 2.88. The Hall–Kier alpha value is -2.32. The van der Waals surface area contributed by atoms with Crippen molar-refractivity contribution < 1.29 is 9.53 Å². The number of benzene rings is 1. The van der Waals surface area contributed by atoms with Gasteiger partial charge in [-0.15, -0.1) is 11.3 Å². The molecule has 0 saturated carbocycles. The first-order valence-corrected chi connectivity index (χ1v) is 8.64. The lowest BCUT2D eigenvalue weighted by atomic mass is 9.96. The van der Waals surface area contributed by atoms with E-state index in [1.807, 2.05) is 19.1 Å². The molecule has 2 aromatic rings. The van der Waals surface area contributed by atoms with Gasteiger partial charge in [-0.05, 0) is 50.3 Å². The van der Waals surface area contributed by atoms with Crippen LogP contribution in [0.4, 0.5) is 5.00 Å². The third-order valence-corrected chi connectivity index (χ3v) is 5.15. The van der Waals surface area contributed by atoms with Crippen LogP contribution in [0.15, 0.2) is 24.3 Å². The van der Waals surface area contributed by atoms with E-state index in [0.29, 0.717) is 28.5 Å². The lowest BCUT2D eigenvalue weighted by molar-refractivity contribution is 0.102. The van der Waals surface area contributed by atoms with Crippen molar-refractivity contribution in [2.24, 2.45) is 0 Å². The van der Waals surface area contributed by atoms with Crippen molar-refractivity contribution in [1.82, 2.24) is 0 Å². The highest BCUT2D eigenvalue weighted by molar-refractivity contribution is 7.16. The molecule has 118 valence electrons. The van der Waals surface area contributed by atoms with E-state index < -0.39 is 0 Å². The number of fused-ring (bicyclic) bond motifs is 1. The van der Waals surface area contributed by atoms with Crippen LogP contribution in [0.2, 0.25) is 0 Å². The Balaban J connectivity index is 1.89. The number of hydrogen-bond acceptors (Lipinski definition) is 4. The molecule has 0 fully saturated rings. The first kappa shape index (κ1) is 15.6. The minimum Gasteiger partial charge on any atom is -0.493 e. The van der Waals surface area contributed by atoms with Crippen molar-refractivity contribution in [1.29, 1.82) is 5.26 Å². The average molecular weight is 326 g/mol. The second-order valence-corrected chi connectivity index (χ2v) is 6.52. The number of hydrogen-bond donors (Lipinski definition) is 1. The zero-order valence-corrected chi connectivity index (χ0v) is 13.8. The molecular formula is C18H18N2O2S. The highest BCUT2D eigenvalue weighted by atomic mass is 32.1. The van der Waals surface area contributed by atoms with Crippen molar-refractivity contribution in [3.8, 4) is 11.8 Å². The van der Waals surface area contributed by atoms with E-state index in [1.165, 1.54) is 16.2 Å². The smallest absolute Gasteiger partial charge is 0.260 e. The quantitative estimate of drug-likeness (QED) is 0.918. The molecule has 0 bridgehead atoms. The fourth-order valence-corrected chi connectivity index (χ4v) is 4.11. The Bertz CT molecular complexity index is 774. The molecule has 0 aliphatic heterocycles. The van der Waals surface area contributed by atoms with Crippen molar-refractivity contribution in [3.63, 3.8) is 0 Å². The topological polar surface area (TPSA) is 62.1 Å². The number of nitriles is 1. The Morgan fingerprint density at radius 2 is 2.13 bits per heavy atom. The van der Waals surface area contributed by atoms with Gasteiger partial charge < -0.3 is 10.1 Å². The maximum Gasteiger partial charge on any atom is 0.260 e. The number of anilines is 1. The van der Waals surface area contributed by atoms with Crippen molar-refractivity contribution >= 4 is 22.2 Å². The third-order valence-electron chi connectivity index (χ3n) is 3.94. The summed E-state index contributed by atoms with van der Waals surface area (Å²) >= 11 is 1.53. The molecule has 5 heteroatoms. The van der Waals surface area contributed by atoms with Gasteiger partial charge in [0.25, 0.3) is 5.91 Å². The molecule has 0 saturated heterocycles. The molecule has 1 aliphatic carbocycles. The molecule has 4 nitrogen and oxygen atoms in total. The monoisotopic (exact) mass is 326 g/mol. The molecule has 23 heavy (non-hydrogen) atoms. The first-order chi connectivity index (χ1) is 11.2. The molecule has 1 aliphatic rings. The van der Waals surface area contributed by atoms with Crippen LogP contribution in [0, 0.1) is 11.3 Å². The summed E-state index contributed by atoms with van der Waals surface area (Å²) in [6.45, 7) is 2.39. The summed E-state index contributed by atoms with van der Waals surface area (Å²) in [4.78, 5) is 13.8. The molecule has 1 aromatic heterocycles. The van der Waals surface area contributed by atoms with Crippen LogP contribution >= 0.6 is 11.3 Å². The van der Waals surface area contributed by atoms with Crippen LogP contribution in [0.25, 0.3) is 0 Å². The number of rotatable bonds is 4. The van der Waals surface area contributed by atoms with Crippen LogP contribution in [0.5, 0.6) is 5.75 Å². The van der Waals surface area contributed by atoms with E-state index in [0.717, 1.165) is 31.2 Å². The summed E-state index contributed by atoms with van der Waals surface area (Å²) in [7, 11) is 0. The summed E-state index contributed by atoms with van der Waals surface area (Å²) in [5, 5.41) is 13.0. The Morgan fingerprint density at radius 3 is 2.91 bits per heavy atom. The number of nitrogens with zero attached hydrogens (tertiary/aromatic N) is 1. The third kappa shape index (κ3) is 3.08. The number of carbonyl (C=O) groups is 1. The minimum absolute atomic E-state index is 0.232. The molecule has 0 unspecified atom stereocenters. The number of amides is 1. The predicted molar refractivity (Wildman–Crippen MR) is 91.2 cm³/mol. The number of para-hydroxylation sites is 1. The molecule has 1 amide bonds. The molecule has 3 rings (SSSR count). The maximum absolute atomic E-state index is 12.6. The summed E-state index contributed by atoms with van der Waals surface area (Å²) in [6, 6.07) is 9.43. The molecule has 0 spiro atoms. The molecule has 1 aromatic carbocycles. The lowest BCUT2D eigenvalue weighted by Crippen LogP contribution is -2.13. The summed E-state index contributed by atoms with van der Waals surface area (Å²) in [5.41, 5.74) is 2.24. The van der Waals surface area contributed by atoms with Gasteiger partial charge in [-0.25, -0.2) is 0 Å². The van der Waals surface area contributed by atoms with E-state index >= 15 is 0 Å². The van der Waals surface area contributed by atoms with E-state index in [-0.39, 0.29) is 5.91 Å². The molecule has 0 atom stereocenters. The van der Waals surface area contributed by atoms with Crippen molar-refractivity contribution in [2.45, 2.75) is 32.6 Å². The molecule has 1 N–H and O–H groups in total. The number of nitrogens with one attached hydrogen (secondary N) is 1. The van der Waals surface area contributed by atoms with Gasteiger partial charge in [0.2, 0.25) is 0 Å². The van der Waals surface area contributed by atoms with Crippen LogP contribution in [-0.4, -0.2) is 12.5 Å². The number of ether oxygens (including phenoxy) is 1. The van der Waals surface area contributed by atoms with Gasteiger partial charge in [0.05, 0.1) is 17.7 Å². The van der Waals surface area contributed by atoms with E-state index in [4.69, 9.17) is 4.74 Å². The van der Waals surface area contributed by atoms with Gasteiger partial charge in [-0.1, -0.05) is 12.1 Å². The summed E-state index contributed by atoms with van der Waals surface area (Å²) < 4.78 is 5.51. The Labute approximate surface area is 139 Å². The van der Waals surface area contributed by atoms with E-state index in [2.05, 4.69) is 11.4 Å². The largest absolute Gasteiger partial charge is 0.493 e. The standard InChI is InChI=1S/C18H18N2O2S/c1-2-22-15-9-5-3-8-13(15)17(21)20-18-14(11-19)12-7-4-6-10-16(12)23-18/h3,5,8-9H,2,4,6-7,10H2,1H3,(H,20,21). The highest BCUT2D eigenvalue weighted by Crippen LogP contribution is 2.38. The van der Waals surface area contributed by atoms with Crippen molar-refractivity contribution in [2.75, 3.05) is 11.9 Å². The van der Waals surface area contributed by atoms with Crippen LogP contribution < -0.4 is 10.1 Å². The second-order valence-electron chi connectivity index (χ2n) is 5.41. The van der Waals surface area contributed by atoms with Gasteiger partial charge in [-0.3, -0.25) is 4.79 Å². The summed E-state index contributed by atoms with van der Waals surface area (Å²) in [6.07, 6.45) is 4.19. The maximum atomic E-state index is 12.6. The first-order valence-electron chi connectivity index (χ1n) is 7.82. The fraction of sp³-hybridized carbons (Fsp3) is 0.333. The van der Waals surface area contributed by atoms with Crippen molar-refractivity contribution in [3.05, 3.63) is 45.8 Å². The minimum atomic E-state index is -0.232. The van der Waals surface area contributed by atoms with Crippen LogP contribution in [-0.2, 0) is 12.8 Å². The zero-order chi connectivity index (χ0) is 16.2. The van der Waals surface area contributed by atoms with Crippen LogP contribution in [0.1, 0.15) is 46.1 Å². The van der Waals surface area contributed by atoms with E-state index in [9.17, 15) is 10.1 Å². The molecular weight excluding hydrogens is 308 g/mol. The van der Waals surface area contributed by atoms with Gasteiger partial charge in [0.15, 0.2) is 0 Å². The van der Waals surface area contributed by atoms with E-state index in [1.54, 1.807) is 12.1 Å². The Kier molecular flexibility index (Phi) is 4.63. The van der Waals surface area contributed by atoms with Gasteiger partial charge >= 0.3 is 0 Å². The number of aryl methyl sites for hydroxylation is 1. The van der Waals surface area contributed by atoms with Crippen LogP contribution in [0.3, 0.4) is 0 Å². The van der Waals surface area contributed by atoms with Gasteiger partial charge in [0.1, 0.15) is 16.8 Å². The lowest BCUT2D eigenvalue weighted by Gasteiger charge is -2.10. The number of carbonyl (C=O) groups excluding carboxylic acids is 1. The molecule has 1 heterocycles. The predicted octanol–water partition coefficient (Wildman–Crippen LogP) is 4.15. The second kappa shape index (κ2) is 6.84. The van der Waals surface area contributed by atoms with Gasteiger partial charge in [-0.2, -0.15) is 5.26 Å². The van der Waals surface area contributed by atoms with Gasteiger partial charge in [0, 0.05) is 4.88 Å². The summed E-state index contributed by atoms with van der Waals surface area (Å²) in [5.74, 6) is 0.330. The highest BCUT2D eigenvalue weighted by Gasteiger charge is 2.22. The zero-order valence-electron chi connectivity index (χ0n) is 13.0. The SMILES string of the molecule is CCOc1ccccc1C(=O)Nc1sc2c(c1C#N)CCCC2. The normalized spacial score (nSPS) is 13.0. The Morgan fingerprint density at radius 1 is 1.35 bits per heavy atom. The average Bonchev–Trinajstić information content (AvgIpc) is 2.92. The number of thiophene rings is 1.